The zero-order valence-electron chi connectivity index (χ0n) is 7.61. The smallest absolute Gasteiger partial charge is 0.232 e. The van der Waals surface area contributed by atoms with Crippen molar-refractivity contribution in [3.63, 3.8) is 0 Å². The molecule has 1 aromatic rings. The molecule has 1 aromatic heterocycles. The quantitative estimate of drug-likeness (QED) is 0.796. The first kappa shape index (κ1) is 9.98. The minimum Gasteiger partial charge on any atom is -0.283 e. The van der Waals surface area contributed by atoms with Gasteiger partial charge in [0.25, 0.3) is 0 Å². The van der Waals surface area contributed by atoms with E-state index in [9.17, 15) is 8.42 Å². The van der Waals surface area contributed by atoms with Crippen LogP contribution in [0.5, 0.6) is 0 Å². The van der Waals surface area contributed by atoms with Crippen LogP contribution in [-0.4, -0.2) is 19.2 Å². The van der Waals surface area contributed by atoms with Crippen LogP contribution in [0.3, 0.4) is 0 Å². The van der Waals surface area contributed by atoms with E-state index in [-0.39, 0.29) is 5.75 Å². The van der Waals surface area contributed by atoms with Gasteiger partial charge in [0, 0.05) is 12.4 Å². The van der Waals surface area contributed by atoms with Crippen LogP contribution in [0, 0.1) is 6.92 Å². The van der Waals surface area contributed by atoms with E-state index in [2.05, 4.69) is 9.71 Å². The standard InChI is InChI=1S/C8H12N2O2S/c1-3-13(11,12)10-8-4-5-9-6-7(8)2/h4-6H,3H2,1-2H3,(H,9,10). The van der Waals surface area contributed by atoms with Crippen molar-refractivity contribution in [1.82, 2.24) is 4.98 Å². The van der Waals surface area contributed by atoms with E-state index in [1.54, 1.807) is 32.3 Å². The van der Waals surface area contributed by atoms with Crippen molar-refractivity contribution < 1.29 is 8.42 Å². The van der Waals surface area contributed by atoms with Gasteiger partial charge in [-0.05, 0) is 25.5 Å². The molecule has 0 saturated heterocycles. The van der Waals surface area contributed by atoms with Gasteiger partial charge >= 0.3 is 0 Å². The third-order valence-electron chi connectivity index (χ3n) is 1.67. The first-order valence-electron chi connectivity index (χ1n) is 3.96. The van der Waals surface area contributed by atoms with Gasteiger partial charge in [0.2, 0.25) is 10.0 Å². The van der Waals surface area contributed by atoms with Gasteiger partial charge in [0.05, 0.1) is 11.4 Å². The number of sulfonamides is 1. The van der Waals surface area contributed by atoms with E-state index < -0.39 is 10.0 Å². The number of rotatable bonds is 3. The first-order valence-corrected chi connectivity index (χ1v) is 5.61. The second kappa shape index (κ2) is 3.74. The Balaban J connectivity index is 2.93. The molecular weight excluding hydrogens is 188 g/mol. The minimum absolute atomic E-state index is 0.0781. The molecule has 0 aliphatic carbocycles. The third kappa shape index (κ3) is 2.69. The lowest BCUT2D eigenvalue weighted by Gasteiger charge is -2.07. The van der Waals surface area contributed by atoms with Crippen LogP contribution in [-0.2, 0) is 10.0 Å². The molecule has 0 spiro atoms. The average Bonchev–Trinajstić information content (AvgIpc) is 2.09. The molecule has 1 rings (SSSR count). The van der Waals surface area contributed by atoms with Crippen molar-refractivity contribution >= 4 is 15.7 Å². The van der Waals surface area contributed by atoms with Gasteiger partial charge in [0.1, 0.15) is 0 Å². The van der Waals surface area contributed by atoms with Gasteiger partial charge < -0.3 is 0 Å². The number of aryl methyl sites for hydroxylation is 1. The van der Waals surface area contributed by atoms with E-state index in [1.165, 1.54) is 0 Å². The molecule has 0 saturated carbocycles. The lowest BCUT2D eigenvalue weighted by molar-refractivity contribution is 0.602. The summed E-state index contributed by atoms with van der Waals surface area (Å²) in [5.74, 6) is 0.0781. The maximum absolute atomic E-state index is 11.2. The number of anilines is 1. The molecule has 5 heteroatoms. The number of nitrogens with one attached hydrogen (secondary N) is 1. The molecule has 72 valence electrons. The average molecular weight is 200 g/mol. The Labute approximate surface area is 78.1 Å². The van der Waals surface area contributed by atoms with Crippen molar-refractivity contribution in [1.29, 1.82) is 0 Å². The van der Waals surface area contributed by atoms with E-state index in [0.29, 0.717) is 5.69 Å². The van der Waals surface area contributed by atoms with Crippen LogP contribution in [0.15, 0.2) is 18.5 Å². The fraction of sp³-hybridized carbons (Fsp3) is 0.375. The largest absolute Gasteiger partial charge is 0.283 e. The Morgan fingerprint density at radius 1 is 1.54 bits per heavy atom. The molecule has 0 atom stereocenters. The van der Waals surface area contributed by atoms with E-state index in [0.717, 1.165) is 5.56 Å². The zero-order valence-corrected chi connectivity index (χ0v) is 8.43. The number of hydrogen-bond donors (Lipinski definition) is 1. The van der Waals surface area contributed by atoms with Gasteiger partial charge in [-0.25, -0.2) is 8.42 Å². The zero-order chi connectivity index (χ0) is 9.90. The third-order valence-corrected chi connectivity index (χ3v) is 2.96. The summed E-state index contributed by atoms with van der Waals surface area (Å²) in [5.41, 5.74) is 1.41. The molecule has 0 aromatic carbocycles. The maximum atomic E-state index is 11.2. The summed E-state index contributed by atoms with van der Waals surface area (Å²) in [7, 11) is -3.17. The summed E-state index contributed by atoms with van der Waals surface area (Å²) < 4.78 is 24.8. The van der Waals surface area contributed by atoms with Crippen molar-refractivity contribution in [3.05, 3.63) is 24.0 Å². The van der Waals surface area contributed by atoms with Crippen LogP contribution in [0.25, 0.3) is 0 Å². The lowest BCUT2D eigenvalue weighted by atomic mass is 10.3. The fourth-order valence-corrected chi connectivity index (χ4v) is 1.54. The van der Waals surface area contributed by atoms with Gasteiger partial charge in [-0.3, -0.25) is 9.71 Å². The minimum atomic E-state index is -3.17. The van der Waals surface area contributed by atoms with Gasteiger partial charge in [-0.2, -0.15) is 0 Å². The van der Waals surface area contributed by atoms with Crippen molar-refractivity contribution in [2.75, 3.05) is 10.5 Å². The highest BCUT2D eigenvalue weighted by molar-refractivity contribution is 7.92. The molecule has 4 nitrogen and oxygen atoms in total. The lowest BCUT2D eigenvalue weighted by Crippen LogP contribution is -2.15. The van der Waals surface area contributed by atoms with Crippen LogP contribution in [0.4, 0.5) is 5.69 Å². The molecule has 1 N–H and O–H groups in total. The molecule has 0 unspecified atom stereocenters. The first-order chi connectivity index (χ1) is 6.05. The predicted molar refractivity (Wildman–Crippen MR) is 52.1 cm³/mol. The summed E-state index contributed by atoms with van der Waals surface area (Å²) >= 11 is 0. The van der Waals surface area contributed by atoms with Gasteiger partial charge in [-0.15, -0.1) is 0 Å². The molecule has 0 radical (unpaired) electrons. The fourth-order valence-electron chi connectivity index (χ4n) is 0.828. The Bertz CT molecular complexity index is 387. The topological polar surface area (TPSA) is 59.1 Å². The van der Waals surface area contributed by atoms with Crippen molar-refractivity contribution in [2.45, 2.75) is 13.8 Å². The summed E-state index contributed by atoms with van der Waals surface area (Å²) in [6.07, 6.45) is 3.17. The van der Waals surface area contributed by atoms with E-state index in [1.807, 2.05) is 0 Å². The molecule has 1 heterocycles. The Morgan fingerprint density at radius 2 is 2.23 bits per heavy atom. The van der Waals surface area contributed by atoms with Crippen LogP contribution >= 0.6 is 0 Å². The molecule has 0 amide bonds. The van der Waals surface area contributed by atoms with E-state index in [4.69, 9.17) is 0 Å². The highest BCUT2D eigenvalue weighted by Crippen LogP contribution is 2.13. The molecule has 0 fully saturated rings. The van der Waals surface area contributed by atoms with Crippen molar-refractivity contribution in [3.8, 4) is 0 Å². The van der Waals surface area contributed by atoms with Gasteiger partial charge in [0.15, 0.2) is 0 Å². The SMILES string of the molecule is CCS(=O)(=O)Nc1ccncc1C. The Kier molecular flexibility index (Phi) is 2.87. The Hall–Kier alpha value is -1.10. The number of nitrogens with zero attached hydrogens (tertiary/aromatic N) is 1. The van der Waals surface area contributed by atoms with Crippen LogP contribution in [0.1, 0.15) is 12.5 Å². The highest BCUT2D eigenvalue weighted by atomic mass is 32.2. The number of aromatic nitrogens is 1. The normalized spacial score (nSPS) is 11.2. The van der Waals surface area contributed by atoms with Crippen molar-refractivity contribution in [2.24, 2.45) is 0 Å². The predicted octanol–water partition coefficient (Wildman–Crippen LogP) is 1.15. The van der Waals surface area contributed by atoms with Crippen LogP contribution < -0.4 is 4.72 Å². The summed E-state index contributed by atoms with van der Waals surface area (Å²) in [6.45, 7) is 3.40. The molecule has 0 bridgehead atoms. The Morgan fingerprint density at radius 3 is 2.77 bits per heavy atom. The second-order valence-corrected chi connectivity index (χ2v) is 4.71. The van der Waals surface area contributed by atoms with Gasteiger partial charge in [-0.1, -0.05) is 0 Å². The second-order valence-electron chi connectivity index (χ2n) is 2.70. The highest BCUT2D eigenvalue weighted by Gasteiger charge is 2.07. The summed E-state index contributed by atoms with van der Waals surface area (Å²) in [6, 6.07) is 1.64. The van der Waals surface area contributed by atoms with Crippen LogP contribution in [0.2, 0.25) is 0 Å². The molecular formula is C8H12N2O2S. The summed E-state index contributed by atoms with van der Waals surface area (Å²) in [4.78, 5) is 3.87. The monoisotopic (exact) mass is 200 g/mol. The summed E-state index contributed by atoms with van der Waals surface area (Å²) in [5, 5.41) is 0. The molecule has 13 heavy (non-hydrogen) atoms. The number of hydrogen-bond acceptors (Lipinski definition) is 3. The molecule has 0 aliphatic rings. The number of pyridine rings is 1. The van der Waals surface area contributed by atoms with E-state index >= 15 is 0 Å². The molecule has 0 aliphatic heterocycles. The maximum Gasteiger partial charge on any atom is 0.232 e.